The van der Waals surface area contributed by atoms with Gasteiger partial charge in [-0.2, -0.15) is 0 Å². The van der Waals surface area contributed by atoms with Crippen LogP contribution >= 0.6 is 0 Å². The number of aliphatic hydroxyl groups is 1. The van der Waals surface area contributed by atoms with Gasteiger partial charge in [-0.25, -0.2) is 0 Å². The van der Waals surface area contributed by atoms with Crippen LogP contribution in [0.5, 0.6) is 0 Å². The Labute approximate surface area is 114 Å². The number of carbonyl (C=O) groups is 1. The maximum Gasteiger partial charge on any atom is 0.227 e. The van der Waals surface area contributed by atoms with E-state index in [9.17, 15) is 4.79 Å². The molecule has 0 unspecified atom stereocenters. The summed E-state index contributed by atoms with van der Waals surface area (Å²) >= 11 is 0. The van der Waals surface area contributed by atoms with Gasteiger partial charge in [0.15, 0.2) is 0 Å². The molecule has 0 heterocycles. The maximum atomic E-state index is 11.8. The average molecular weight is 257 g/mol. The monoisotopic (exact) mass is 257 g/mol. The van der Waals surface area contributed by atoms with Gasteiger partial charge in [-0.05, 0) is 43.5 Å². The number of nitrogens with one attached hydrogen (secondary N) is 1. The molecular weight excluding hydrogens is 238 g/mol. The third-order valence-corrected chi connectivity index (χ3v) is 3.43. The van der Waals surface area contributed by atoms with Gasteiger partial charge in [0.1, 0.15) is 0 Å². The van der Waals surface area contributed by atoms with Crippen molar-refractivity contribution in [3.63, 3.8) is 0 Å². The summed E-state index contributed by atoms with van der Waals surface area (Å²) in [5.74, 6) is 6.25. The topological polar surface area (TPSA) is 49.3 Å². The van der Waals surface area contributed by atoms with Crippen LogP contribution in [-0.2, 0) is 4.79 Å². The Morgan fingerprint density at radius 2 is 2.26 bits per heavy atom. The second-order valence-corrected chi connectivity index (χ2v) is 4.92. The number of aryl methyl sites for hydroxylation is 1. The van der Waals surface area contributed by atoms with Gasteiger partial charge in [0, 0.05) is 23.6 Å². The van der Waals surface area contributed by atoms with Gasteiger partial charge >= 0.3 is 0 Å². The molecule has 19 heavy (non-hydrogen) atoms. The first-order valence-electron chi connectivity index (χ1n) is 6.72. The maximum absolute atomic E-state index is 11.8. The molecule has 3 nitrogen and oxygen atoms in total. The number of rotatable bonds is 3. The molecule has 0 aromatic heterocycles. The molecule has 0 bridgehead atoms. The lowest BCUT2D eigenvalue weighted by Crippen LogP contribution is -2.28. The Hall–Kier alpha value is -1.79. The van der Waals surface area contributed by atoms with E-state index in [0.717, 1.165) is 36.1 Å². The van der Waals surface area contributed by atoms with Crippen LogP contribution in [0.15, 0.2) is 18.2 Å². The van der Waals surface area contributed by atoms with Gasteiger partial charge in [0.05, 0.1) is 6.61 Å². The van der Waals surface area contributed by atoms with Crippen LogP contribution in [0.3, 0.4) is 0 Å². The smallest absolute Gasteiger partial charge is 0.227 e. The van der Waals surface area contributed by atoms with Crippen LogP contribution < -0.4 is 5.32 Å². The molecule has 2 rings (SSSR count). The van der Waals surface area contributed by atoms with Crippen molar-refractivity contribution in [3.05, 3.63) is 29.3 Å². The fourth-order valence-electron chi connectivity index (χ4n) is 2.01. The molecule has 1 amide bonds. The zero-order valence-corrected chi connectivity index (χ0v) is 11.2. The SMILES string of the molecule is Cc1cc(NC(=O)C2CCC2)ccc1C#CCCO. The molecule has 1 aliphatic carbocycles. The minimum Gasteiger partial charge on any atom is -0.395 e. The zero-order valence-electron chi connectivity index (χ0n) is 11.2. The molecule has 0 spiro atoms. The molecule has 0 saturated heterocycles. The fourth-order valence-corrected chi connectivity index (χ4v) is 2.01. The third kappa shape index (κ3) is 3.59. The summed E-state index contributed by atoms with van der Waals surface area (Å²) in [6.45, 7) is 2.06. The Morgan fingerprint density at radius 3 is 2.84 bits per heavy atom. The number of hydrogen-bond acceptors (Lipinski definition) is 2. The molecule has 2 N–H and O–H groups in total. The van der Waals surface area contributed by atoms with E-state index in [1.165, 1.54) is 0 Å². The first kappa shape index (κ1) is 13.6. The van der Waals surface area contributed by atoms with Crippen LogP contribution in [-0.4, -0.2) is 17.6 Å². The molecule has 3 heteroatoms. The van der Waals surface area contributed by atoms with Gasteiger partial charge in [0.25, 0.3) is 0 Å². The van der Waals surface area contributed by atoms with E-state index >= 15 is 0 Å². The molecule has 0 aliphatic heterocycles. The van der Waals surface area contributed by atoms with Gasteiger partial charge in [-0.15, -0.1) is 0 Å². The minimum absolute atomic E-state index is 0.0849. The molecule has 1 aliphatic rings. The standard InChI is InChI=1S/C16H19NO2/c1-12-11-15(17-16(19)14-6-4-7-14)9-8-13(12)5-2-3-10-18/h8-9,11,14,18H,3-4,6-7,10H2,1H3,(H,17,19). The Balaban J connectivity index is 2.02. The first-order chi connectivity index (χ1) is 9.20. The van der Waals surface area contributed by atoms with Crippen LogP contribution in [0.2, 0.25) is 0 Å². The lowest BCUT2D eigenvalue weighted by atomic mass is 9.85. The van der Waals surface area contributed by atoms with E-state index in [1.54, 1.807) is 0 Å². The summed E-state index contributed by atoms with van der Waals surface area (Å²) in [7, 11) is 0. The number of benzene rings is 1. The number of anilines is 1. The third-order valence-electron chi connectivity index (χ3n) is 3.43. The summed E-state index contributed by atoms with van der Waals surface area (Å²) in [5, 5.41) is 11.6. The average Bonchev–Trinajstić information content (AvgIpc) is 2.29. The van der Waals surface area contributed by atoms with E-state index in [-0.39, 0.29) is 18.4 Å². The molecular formula is C16H19NO2. The normalized spacial score (nSPS) is 14.2. The molecule has 1 saturated carbocycles. The quantitative estimate of drug-likeness (QED) is 0.817. The number of carbonyl (C=O) groups excluding carboxylic acids is 1. The van der Waals surface area contributed by atoms with Crippen LogP contribution in [0.25, 0.3) is 0 Å². The van der Waals surface area contributed by atoms with E-state index < -0.39 is 0 Å². The Bertz CT molecular complexity index is 521. The highest BCUT2D eigenvalue weighted by Gasteiger charge is 2.25. The van der Waals surface area contributed by atoms with E-state index in [1.807, 2.05) is 25.1 Å². The molecule has 100 valence electrons. The molecule has 1 aromatic rings. The van der Waals surface area contributed by atoms with E-state index in [2.05, 4.69) is 17.2 Å². The van der Waals surface area contributed by atoms with Crippen molar-refractivity contribution in [1.82, 2.24) is 0 Å². The van der Waals surface area contributed by atoms with Crippen LogP contribution in [0, 0.1) is 24.7 Å². The van der Waals surface area contributed by atoms with Crippen molar-refractivity contribution in [2.24, 2.45) is 5.92 Å². The van der Waals surface area contributed by atoms with Crippen molar-refractivity contribution in [1.29, 1.82) is 0 Å². The summed E-state index contributed by atoms with van der Waals surface area (Å²) in [4.78, 5) is 11.8. The highest BCUT2D eigenvalue weighted by molar-refractivity contribution is 5.93. The van der Waals surface area contributed by atoms with Crippen LogP contribution in [0.4, 0.5) is 5.69 Å². The van der Waals surface area contributed by atoms with Gasteiger partial charge in [-0.1, -0.05) is 18.3 Å². The molecule has 0 atom stereocenters. The summed E-state index contributed by atoms with van der Waals surface area (Å²) < 4.78 is 0. The predicted molar refractivity (Wildman–Crippen MR) is 75.7 cm³/mol. The van der Waals surface area contributed by atoms with Crippen molar-refractivity contribution < 1.29 is 9.90 Å². The fraction of sp³-hybridized carbons (Fsp3) is 0.438. The number of aliphatic hydroxyl groups excluding tert-OH is 1. The molecule has 0 radical (unpaired) electrons. The van der Waals surface area contributed by atoms with Gasteiger partial charge < -0.3 is 10.4 Å². The lowest BCUT2D eigenvalue weighted by Gasteiger charge is -2.24. The summed E-state index contributed by atoms with van der Waals surface area (Å²) in [6.07, 6.45) is 3.67. The summed E-state index contributed by atoms with van der Waals surface area (Å²) in [5.41, 5.74) is 2.81. The van der Waals surface area contributed by atoms with Crippen molar-refractivity contribution >= 4 is 11.6 Å². The minimum atomic E-state index is 0.0849. The Morgan fingerprint density at radius 1 is 1.47 bits per heavy atom. The second kappa shape index (κ2) is 6.40. The molecule has 1 aromatic carbocycles. The van der Waals surface area contributed by atoms with E-state index in [4.69, 9.17) is 5.11 Å². The van der Waals surface area contributed by atoms with Crippen molar-refractivity contribution in [2.75, 3.05) is 11.9 Å². The largest absolute Gasteiger partial charge is 0.395 e. The Kier molecular flexibility index (Phi) is 4.59. The first-order valence-corrected chi connectivity index (χ1v) is 6.72. The van der Waals surface area contributed by atoms with Crippen LogP contribution in [0.1, 0.15) is 36.8 Å². The highest BCUT2D eigenvalue weighted by atomic mass is 16.2. The number of amides is 1. The molecule has 1 fully saturated rings. The highest BCUT2D eigenvalue weighted by Crippen LogP contribution is 2.27. The lowest BCUT2D eigenvalue weighted by molar-refractivity contribution is -0.122. The zero-order chi connectivity index (χ0) is 13.7. The van der Waals surface area contributed by atoms with Crippen molar-refractivity contribution in [3.8, 4) is 11.8 Å². The second-order valence-electron chi connectivity index (χ2n) is 4.92. The summed E-state index contributed by atoms with van der Waals surface area (Å²) in [6, 6.07) is 5.74. The van der Waals surface area contributed by atoms with E-state index in [0.29, 0.717) is 6.42 Å². The van der Waals surface area contributed by atoms with Crippen molar-refractivity contribution in [2.45, 2.75) is 32.6 Å². The number of hydrogen-bond donors (Lipinski definition) is 2. The van der Waals surface area contributed by atoms with Gasteiger partial charge in [0.2, 0.25) is 5.91 Å². The predicted octanol–water partition coefficient (Wildman–Crippen LogP) is 2.47. The van der Waals surface area contributed by atoms with Gasteiger partial charge in [-0.3, -0.25) is 4.79 Å².